The van der Waals surface area contributed by atoms with Gasteiger partial charge in [0, 0.05) is 0 Å². The highest BCUT2D eigenvalue weighted by Gasteiger charge is 2.35. The van der Waals surface area contributed by atoms with Crippen LogP contribution in [-0.4, -0.2) is 10.1 Å². The first-order valence-corrected chi connectivity index (χ1v) is 5.64. The van der Waals surface area contributed by atoms with Gasteiger partial charge in [0.1, 0.15) is 0 Å². The molecule has 1 nitrogen and oxygen atoms in total. The summed E-state index contributed by atoms with van der Waals surface area (Å²) in [6.07, 6.45) is 4.53. The standard InChI is InChI=1S/C10H18Cl2O/c1-8-4-6-9(2,7-5-8)13-10(3,11)12/h8H,4-7H2,1-3H3. The topological polar surface area (TPSA) is 9.23 Å². The number of halogens is 2. The van der Waals surface area contributed by atoms with E-state index in [1.54, 1.807) is 6.92 Å². The van der Waals surface area contributed by atoms with E-state index in [0.717, 1.165) is 18.8 Å². The average Bonchev–Trinajstić information content (AvgIpc) is 1.92. The van der Waals surface area contributed by atoms with Crippen LogP contribution in [-0.2, 0) is 4.74 Å². The maximum atomic E-state index is 5.84. The summed E-state index contributed by atoms with van der Waals surface area (Å²) in [7, 11) is 0. The van der Waals surface area contributed by atoms with Gasteiger partial charge < -0.3 is 4.74 Å². The number of hydrogen-bond acceptors (Lipinski definition) is 1. The molecule has 0 aromatic carbocycles. The lowest BCUT2D eigenvalue weighted by Gasteiger charge is -2.39. The van der Waals surface area contributed by atoms with Gasteiger partial charge in [0.2, 0.25) is 4.52 Å². The van der Waals surface area contributed by atoms with Crippen molar-refractivity contribution in [2.45, 2.75) is 56.6 Å². The summed E-state index contributed by atoms with van der Waals surface area (Å²) in [6.45, 7) is 6.06. The highest BCUT2D eigenvalue weighted by molar-refractivity contribution is 6.46. The van der Waals surface area contributed by atoms with Crippen molar-refractivity contribution in [3.05, 3.63) is 0 Å². The molecule has 0 aromatic rings. The van der Waals surface area contributed by atoms with Crippen molar-refractivity contribution < 1.29 is 4.74 Å². The first-order valence-electron chi connectivity index (χ1n) is 4.89. The molecule has 0 unspecified atom stereocenters. The predicted molar refractivity (Wildman–Crippen MR) is 57.2 cm³/mol. The molecule has 0 heterocycles. The minimum atomic E-state index is -1.05. The van der Waals surface area contributed by atoms with E-state index in [9.17, 15) is 0 Å². The van der Waals surface area contributed by atoms with E-state index < -0.39 is 4.52 Å². The summed E-state index contributed by atoms with van der Waals surface area (Å²) < 4.78 is 4.60. The average molecular weight is 225 g/mol. The molecule has 1 saturated carbocycles. The fourth-order valence-electron chi connectivity index (χ4n) is 1.91. The number of alkyl halides is 2. The van der Waals surface area contributed by atoms with Crippen LogP contribution in [0.1, 0.15) is 46.5 Å². The van der Waals surface area contributed by atoms with Crippen LogP contribution < -0.4 is 0 Å². The molecule has 0 saturated heterocycles. The molecule has 3 heteroatoms. The van der Waals surface area contributed by atoms with Crippen LogP contribution in [0.5, 0.6) is 0 Å². The highest BCUT2D eigenvalue weighted by atomic mass is 35.5. The molecule has 0 bridgehead atoms. The van der Waals surface area contributed by atoms with Crippen LogP contribution in [0.3, 0.4) is 0 Å². The molecule has 1 fully saturated rings. The molecular formula is C10H18Cl2O. The van der Waals surface area contributed by atoms with Crippen LogP contribution in [0.15, 0.2) is 0 Å². The maximum absolute atomic E-state index is 5.84. The van der Waals surface area contributed by atoms with Crippen LogP contribution in [0, 0.1) is 5.92 Å². The number of rotatable bonds is 2. The molecule has 1 aliphatic rings. The third-order valence-corrected chi connectivity index (χ3v) is 2.91. The Morgan fingerprint density at radius 2 is 1.77 bits per heavy atom. The maximum Gasteiger partial charge on any atom is 0.215 e. The Morgan fingerprint density at radius 1 is 1.31 bits per heavy atom. The van der Waals surface area contributed by atoms with Gasteiger partial charge >= 0.3 is 0 Å². The zero-order chi connectivity index (χ0) is 10.1. The lowest BCUT2D eigenvalue weighted by molar-refractivity contribution is -0.0890. The van der Waals surface area contributed by atoms with Crippen molar-refractivity contribution in [3.63, 3.8) is 0 Å². The number of ether oxygens (including phenoxy) is 1. The normalized spacial score (nSPS) is 36.2. The Morgan fingerprint density at radius 3 is 2.15 bits per heavy atom. The summed E-state index contributed by atoms with van der Waals surface area (Å²) in [5.74, 6) is 0.814. The summed E-state index contributed by atoms with van der Waals surface area (Å²) in [4.78, 5) is 0. The molecule has 0 radical (unpaired) electrons. The SMILES string of the molecule is CC1CCC(C)(OC(C)(Cl)Cl)CC1. The Bertz CT molecular complexity index is 166. The zero-order valence-corrected chi connectivity index (χ0v) is 10.1. The quantitative estimate of drug-likeness (QED) is 0.642. The van der Waals surface area contributed by atoms with Crippen molar-refractivity contribution in [2.75, 3.05) is 0 Å². The lowest BCUT2D eigenvalue weighted by Crippen LogP contribution is -2.38. The summed E-state index contributed by atoms with van der Waals surface area (Å²) in [5.41, 5.74) is -0.120. The molecule has 78 valence electrons. The third-order valence-electron chi connectivity index (χ3n) is 2.76. The van der Waals surface area contributed by atoms with E-state index in [1.807, 2.05) is 0 Å². The van der Waals surface area contributed by atoms with E-state index in [2.05, 4.69) is 13.8 Å². The van der Waals surface area contributed by atoms with Crippen LogP contribution in [0.2, 0.25) is 0 Å². The van der Waals surface area contributed by atoms with E-state index in [4.69, 9.17) is 27.9 Å². The first-order chi connectivity index (χ1) is 5.81. The van der Waals surface area contributed by atoms with Gasteiger partial charge in [-0.2, -0.15) is 0 Å². The van der Waals surface area contributed by atoms with Crippen molar-refractivity contribution in [1.29, 1.82) is 0 Å². The van der Waals surface area contributed by atoms with E-state index in [0.29, 0.717) is 0 Å². The van der Waals surface area contributed by atoms with E-state index in [1.165, 1.54) is 12.8 Å². The van der Waals surface area contributed by atoms with E-state index >= 15 is 0 Å². The van der Waals surface area contributed by atoms with Gasteiger partial charge in [-0.1, -0.05) is 30.1 Å². The highest BCUT2D eigenvalue weighted by Crippen LogP contribution is 2.39. The summed E-state index contributed by atoms with van der Waals surface area (Å²) in [6, 6.07) is 0. The van der Waals surface area contributed by atoms with Gasteiger partial charge in [-0.05, 0) is 45.4 Å². The largest absolute Gasteiger partial charge is 0.340 e. The van der Waals surface area contributed by atoms with Gasteiger partial charge in [0.25, 0.3) is 0 Å². The molecule has 1 rings (SSSR count). The van der Waals surface area contributed by atoms with Crippen molar-refractivity contribution >= 4 is 23.2 Å². The van der Waals surface area contributed by atoms with E-state index in [-0.39, 0.29) is 5.60 Å². The summed E-state index contributed by atoms with van der Waals surface area (Å²) >= 11 is 11.7. The van der Waals surface area contributed by atoms with Gasteiger partial charge in [0.05, 0.1) is 5.60 Å². The molecule has 0 N–H and O–H groups in total. The van der Waals surface area contributed by atoms with Gasteiger partial charge in [-0.3, -0.25) is 0 Å². The van der Waals surface area contributed by atoms with Crippen LogP contribution in [0.4, 0.5) is 0 Å². The molecule has 0 aromatic heterocycles. The second-order valence-corrected chi connectivity index (χ2v) is 6.18. The molecule has 1 aliphatic carbocycles. The van der Waals surface area contributed by atoms with Crippen LogP contribution >= 0.6 is 23.2 Å². The zero-order valence-electron chi connectivity index (χ0n) is 8.57. The van der Waals surface area contributed by atoms with Gasteiger partial charge in [-0.15, -0.1) is 0 Å². The Hall–Kier alpha value is 0.540. The smallest absolute Gasteiger partial charge is 0.215 e. The monoisotopic (exact) mass is 224 g/mol. The third kappa shape index (κ3) is 4.05. The summed E-state index contributed by atoms with van der Waals surface area (Å²) in [5, 5.41) is 0. The Labute approximate surface area is 90.7 Å². The lowest BCUT2D eigenvalue weighted by atomic mass is 9.81. The fraction of sp³-hybridized carbons (Fsp3) is 1.00. The second-order valence-electron chi connectivity index (χ2n) is 4.54. The minimum absolute atomic E-state index is 0.120. The molecule has 0 amide bonds. The fourth-order valence-corrected chi connectivity index (χ4v) is 2.28. The minimum Gasteiger partial charge on any atom is -0.340 e. The van der Waals surface area contributed by atoms with Crippen molar-refractivity contribution in [1.82, 2.24) is 0 Å². The van der Waals surface area contributed by atoms with Crippen LogP contribution in [0.25, 0.3) is 0 Å². The molecule has 0 aliphatic heterocycles. The Kier molecular flexibility index (Phi) is 3.54. The second kappa shape index (κ2) is 3.96. The Balaban J connectivity index is 2.48. The predicted octanol–water partition coefficient (Wildman–Crippen LogP) is 4.12. The van der Waals surface area contributed by atoms with Crippen molar-refractivity contribution in [3.8, 4) is 0 Å². The van der Waals surface area contributed by atoms with Gasteiger partial charge in [0.15, 0.2) is 0 Å². The molecule has 0 spiro atoms. The van der Waals surface area contributed by atoms with Gasteiger partial charge in [-0.25, -0.2) is 0 Å². The first kappa shape index (κ1) is 11.6. The number of hydrogen-bond donors (Lipinski definition) is 0. The molecular weight excluding hydrogens is 207 g/mol. The molecule has 0 atom stereocenters. The van der Waals surface area contributed by atoms with Crippen molar-refractivity contribution in [2.24, 2.45) is 5.92 Å². The molecule has 13 heavy (non-hydrogen) atoms.